The van der Waals surface area contributed by atoms with Gasteiger partial charge in [0.25, 0.3) is 0 Å². The van der Waals surface area contributed by atoms with E-state index >= 15 is 0 Å². The Labute approximate surface area is 186 Å². The number of anilines is 1. The third-order valence-corrected chi connectivity index (χ3v) is 5.74. The van der Waals surface area contributed by atoms with Gasteiger partial charge in [-0.25, -0.2) is 9.59 Å². The highest BCUT2D eigenvalue weighted by atomic mass is 32.1. The molecule has 0 aliphatic rings. The van der Waals surface area contributed by atoms with Gasteiger partial charge in [0.1, 0.15) is 10.6 Å². The van der Waals surface area contributed by atoms with Crippen molar-refractivity contribution in [3.05, 3.63) is 16.5 Å². The number of unbranched alkanes of at least 4 members (excludes halogenated alkanes) is 8. The molecule has 0 aliphatic heterocycles. The second kappa shape index (κ2) is 14.4. The van der Waals surface area contributed by atoms with Crippen LogP contribution >= 0.6 is 11.3 Å². The molecule has 0 spiro atoms. The number of rotatable bonds is 14. The van der Waals surface area contributed by atoms with Crippen molar-refractivity contribution in [1.82, 2.24) is 0 Å². The molecule has 1 heterocycles. The van der Waals surface area contributed by atoms with Gasteiger partial charge in [-0.15, -0.1) is 11.3 Å². The van der Waals surface area contributed by atoms with Crippen molar-refractivity contribution in [3.8, 4) is 0 Å². The first-order chi connectivity index (χ1) is 14.3. The van der Waals surface area contributed by atoms with Gasteiger partial charge >= 0.3 is 12.1 Å². The lowest BCUT2D eigenvalue weighted by Gasteiger charge is -2.19. The van der Waals surface area contributed by atoms with E-state index in [-0.39, 0.29) is 0 Å². The first-order valence-electron chi connectivity index (χ1n) is 11.6. The molecule has 0 aromatic carbocycles. The minimum Gasteiger partial charge on any atom is -0.456 e. The molecule has 5 nitrogen and oxygen atoms in total. The number of esters is 1. The van der Waals surface area contributed by atoms with E-state index in [1.165, 1.54) is 43.4 Å². The fourth-order valence-electron chi connectivity index (χ4n) is 3.04. The number of aryl methyl sites for hydroxylation is 1. The number of hydrogen-bond donors (Lipinski definition) is 1. The van der Waals surface area contributed by atoms with Crippen LogP contribution in [0, 0.1) is 0 Å². The summed E-state index contributed by atoms with van der Waals surface area (Å²) in [6, 6.07) is 1.86. The van der Waals surface area contributed by atoms with Crippen LogP contribution < -0.4 is 5.32 Å². The van der Waals surface area contributed by atoms with E-state index < -0.39 is 17.7 Å². The largest absolute Gasteiger partial charge is 0.456 e. The van der Waals surface area contributed by atoms with Crippen LogP contribution in [0.2, 0.25) is 0 Å². The van der Waals surface area contributed by atoms with Gasteiger partial charge in [0.05, 0.1) is 12.2 Å². The Morgan fingerprint density at radius 3 is 2.17 bits per heavy atom. The molecule has 30 heavy (non-hydrogen) atoms. The summed E-state index contributed by atoms with van der Waals surface area (Å²) in [6.45, 7) is 10.3. The molecule has 0 saturated carbocycles. The number of carbonyl (C=O) groups is 2. The smallest absolute Gasteiger partial charge is 0.412 e. The molecule has 0 bridgehead atoms. The third-order valence-electron chi connectivity index (χ3n) is 4.63. The average molecular weight is 440 g/mol. The van der Waals surface area contributed by atoms with Gasteiger partial charge in [0.15, 0.2) is 0 Å². The second-order valence-electron chi connectivity index (χ2n) is 8.80. The molecule has 1 N–H and O–H groups in total. The molecular weight excluding hydrogens is 398 g/mol. The zero-order chi connectivity index (χ0) is 22.4. The summed E-state index contributed by atoms with van der Waals surface area (Å²) in [5, 5.41) is 3.28. The van der Waals surface area contributed by atoms with Crippen LogP contribution in [0.25, 0.3) is 0 Å². The van der Waals surface area contributed by atoms with Crippen molar-refractivity contribution < 1.29 is 19.1 Å². The van der Waals surface area contributed by atoms with E-state index in [9.17, 15) is 9.59 Å². The van der Waals surface area contributed by atoms with Crippen molar-refractivity contribution in [1.29, 1.82) is 0 Å². The molecule has 0 atom stereocenters. The van der Waals surface area contributed by atoms with E-state index in [2.05, 4.69) is 19.2 Å². The maximum Gasteiger partial charge on any atom is 0.412 e. The lowest BCUT2D eigenvalue weighted by Crippen LogP contribution is -2.24. The van der Waals surface area contributed by atoms with Crippen molar-refractivity contribution in [2.24, 2.45) is 0 Å². The Kier molecular flexibility index (Phi) is 12.7. The SMILES string of the molecule is CCCCCCCCc1cc(C(=O)OC(C)(C)C)c(NC(=O)OCCCCCC)s1. The van der Waals surface area contributed by atoms with Gasteiger partial charge < -0.3 is 9.47 Å². The predicted octanol–water partition coefficient (Wildman–Crippen LogP) is 7.74. The Morgan fingerprint density at radius 2 is 1.53 bits per heavy atom. The lowest BCUT2D eigenvalue weighted by molar-refractivity contribution is 0.00712. The van der Waals surface area contributed by atoms with Gasteiger partial charge in [-0.05, 0) is 46.1 Å². The second-order valence-corrected chi connectivity index (χ2v) is 9.93. The molecule has 1 aromatic heterocycles. The third kappa shape index (κ3) is 11.6. The molecule has 172 valence electrons. The molecule has 0 saturated heterocycles. The van der Waals surface area contributed by atoms with Gasteiger partial charge in [0.2, 0.25) is 0 Å². The topological polar surface area (TPSA) is 64.6 Å². The fraction of sp³-hybridized carbons (Fsp3) is 0.750. The quantitative estimate of drug-likeness (QED) is 0.238. The van der Waals surface area contributed by atoms with Crippen LogP contribution in [-0.4, -0.2) is 24.3 Å². The first-order valence-corrected chi connectivity index (χ1v) is 12.4. The first kappa shape index (κ1) is 26.5. The summed E-state index contributed by atoms with van der Waals surface area (Å²) < 4.78 is 10.8. The zero-order valence-electron chi connectivity index (χ0n) is 19.6. The Bertz CT molecular complexity index is 634. The summed E-state index contributed by atoms with van der Waals surface area (Å²) in [6.07, 6.45) is 11.9. The molecular formula is C24H41NO4S. The highest BCUT2D eigenvalue weighted by Gasteiger charge is 2.24. The Balaban J connectivity index is 2.69. The summed E-state index contributed by atoms with van der Waals surface area (Å²) in [4.78, 5) is 25.9. The number of carbonyl (C=O) groups excluding carboxylic acids is 2. The highest BCUT2D eigenvalue weighted by Crippen LogP contribution is 2.31. The monoisotopic (exact) mass is 439 g/mol. The van der Waals surface area contributed by atoms with E-state index in [1.807, 2.05) is 26.8 Å². The molecule has 0 radical (unpaired) electrons. The van der Waals surface area contributed by atoms with Crippen molar-refractivity contribution >= 4 is 28.4 Å². The van der Waals surface area contributed by atoms with Gasteiger partial charge in [-0.1, -0.05) is 65.2 Å². The lowest BCUT2D eigenvalue weighted by atomic mass is 10.1. The van der Waals surface area contributed by atoms with Crippen molar-refractivity contribution in [2.75, 3.05) is 11.9 Å². The maximum absolute atomic E-state index is 12.6. The van der Waals surface area contributed by atoms with Crippen LogP contribution in [0.3, 0.4) is 0 Å². The van der Waals surface area contributed by atoms with Crippen LogP contribution in [0.5, 0.6) is 0 Å². The number of nitrogens with one attached hydrogen (secondary N) is 1. The van der Waals surface area contributed by atoms with E-state index in [1.54, 1.807) is 0 Å². The Morgan fingerprint density at radius 1 is 0.933 bits per heavy atom. The molecule has 6 heteroatoms. The van der Waals surface area contributed by atoms with E-state index in [0.717, 1.165) is 43.4 Å². The van der Waals surface area contributed by atoms with Crippen LogP contribution in [0.4, 0.5) is 9.80 Å². The summed E-state index contributed by atoms with van der Waals surface area (Å²) in [5.74, 6) is -0.411. The summed E-state index contributed by atoms with van der Waals surface area (Å²) in [5.41, 5.74) is -0.172. The summed E-state index contributed by atoms with van der Waals surface area (Å²) >= 11 is 1.45. The van der Waals surface area contributed by atoms with Crippen LogP contribution in [0.15, 0.2) is 6.07 Å². The molecule has 0 unspecified atom stereocenters. The predicted molar refractivity (Wildman–Crippen MR) is 126 cm³/mol. The Hall–Kier alpha value is -1.56. The van der Waals surface area contributed by atoms with Crippen LogP contribution in [-0.2, 0) is 15.9 Å². The molecule has 1 amide bonds. The van der Waals surface area contributed by atoms with Gasteiger partial charge in [-0.2, -0.15) is 0 Å². The number of ether oxygens (including phenoxy) is 2. The fourth-order valence-corrected chi connectivity index (χ4v) is 4.12. The minimum atomic E-state index is -0.588. The highest BCUT2D eigenvalue weighted by molar-refractivity contribution is 7.16. The molecule has 1 aromatic rings. The zero-order valence-corrected chi connectivity index (χ0v) is 20.4. The molecule has 1 rings (SSSR count). The maximum atomic E-state index is 12.6. The summed E-state index contributed by atoms with van der Waals surface area (Å²) in [7, 11) is 0. The molecule has 0 fully saturated rings. The number of amides is 1. The number of hydrogen-bond acceptors (Lipinski definition) is 5. The van der Waals surface area contributed by atoms with Gasteiger partial charge in [-0.3, -0.25) is 5.32 Å². The normalized spacial score (nSPS) is 11.4. The standard InChI is InChI=1S/C24H41NO4S/c1-6-8-10-12-13-14-16-19-18-20(22(26)29-24(3,4)5)21(30-19)25-23(27)28-17-15-11-9-7-2/h18H,6-17H2,1-5H3,(H,25,27). The minimum absolute atomic E-state index is 0.392. The van der Waals surface area contributed by atoms with Crippen molar-refractivity contribution in [2.45, 2.75) is 111 Å². The van der Waals surface area contributed by atoms with E-state index in [4.69, 9.17) is 9.47 Å². The van der Waals surface area contributed by atoms with Gasteiger partial charge in [0, 0.05) is 4.88 Å². The average Bonchev–Trinajstić information content (AvgIpc) is 3.05. The molecule has 0 aliphatic carbocycles. The number of thiophene rings is 1. The van der Waals surface area contributed by atoms with E-state index in [0.29, 0.717) is 17.2 Å². The van der Waals surface area contributed by atoms with Crippen molar-refractivity contribution in [3.63, 3.8) is 0 Å². The van der Waals surface area contributed by atoms with Crippen LogP contribution in [0.1, 0.15) is 114 Å².